The Labute approximate surface area is 165 Å². The largest absolute Gasteiger partial charge is 0.283 e. The van der Waals surface area contributed by atoms with E-state index in [4.69, 9.17) is 0 Å². The van der Waals surface area contributed by atoms with Crippen LogP contribution in [0.5, 0.6) is 0 Å². The van der Waals surface area contributed by atoms with E-state index in [-0.39, 0.29) is 5.16 Å². The summed E-state index contributed by atoms with van der Waals surface area (Å²) in [6.07, 6.45) is 1.56. The molecule has 0 aliphatic carbocycles. The molecular formula is C16H11Br3N2O2S. The number of imidazole rings is 1. The summed E-state index contributed by atoms with van der Waals surface area (Å²) in [6, 6.07) is 18.8. The Balaban J connectivity index is 2.32. The second-order valence-corrected chi connectivity index (χ2v) is 15.2. The van der Waals surface area contributed by atoms with E-state index in [2.05, 4.69) is 52.8 Å². The number of para-hydroxylation sites is 1. The second kappa shape index (κ2) is 6.74. The van der Waals surface area contributed by atoms with Gasteiger partial charge in [0.05, 0.1) is 11.9 Å². The Morgan fingerprint density at radius 1 is 0.875 bits per heavy atom. The Morgan fingerprint density at radius 3 is 1.96 bits per heavy atom. The number of benzene rings is 2. The fourth-order valence-corrected chi connectivity index (χ4v) is 4.41. The van der Waals surface area contributed by atoms with E-state index in [1.165, 1.54) is 0 Å². The van der Waals surface area contributed by atoms with Gasteiger partial charge in [0, 0.05) is 11.3 Å². The Morgan fingerprint density at radius 2 is 1.42 bits per heavy atom. The molecule has 24 heavy (non-hydrogen) atoms. The molecule has 3 rings (SSSR count). The smallest absolute Gasteiger partial charge is 0.248 e. The van der Waals surface area contributed by atoms with Crippen molar-refractivity contribution >= 4 is 57.6 Å². The topological polar surface area (TPSA) is 52.0 Å². The van der Waals surface area contributed by atoms with E-state index >= 15 is 0 Å². The maximum absolute atomic E-state index is 12.9. The molecule has 2 aromatic carbocycles. The van der Waals surface area contributed by atoms with Crippen LogP contribution in [0.4, 0.5) is 0 Å². The lowest BCUT2D eigenvalue weighted by Gasteiger charge is -2.16. The fourth-order valence-electron chi connectivity index (χ4n) is 2.27. The van der Waals surface area contributed by atoms with Crippen LogP contribution < -0.4 is 0 Å². The molecular weight excluding hydrogens is 524 g/mol. The first kappa shape index (κ1) is 17.8. The highest BCUT2D eigenvalue weighted by Gasteiger charge is 2.41. The van der Waals surface area contributed by atoms with Gasteiger partial charge < -0.3 is 0 Å². The third-order valence-corrected chi connectivity index (χ3v) is 8.57. The third-order valence-electron chi connectivity index (χ3n) is 3.36. The third kappa shape index (κ3) is 3.24. The highest BCUT2D eigenvalue weighted by atomic mass is 80.0. The van der Waals surface area contributed by atoms with Crippen molar-refractivity contribution in [2.45, 2.75) is 6.63 Å². The lowest BCUT2D eigenvalue weighted by Crippen LogP contribution is -2.22. The summed E-state index contributed by atoms with van der Waals surface area (Å²) in [7, 11) is -3.84. The summed E-state index contributed by atoms with van der Waals surface area (Å²) in [4.78, 5) is 4.19. The monoisotopic (exact) mass is 532 g/mol. The predicted molar refractivity (Wildman–Crippen MR) is 106 cm³/mol. The fraction of sp³-hybridized carbons (Fsp3) is 0.0625. The summed E-state index contributed by atoms with van der Waals surface area (Å²) in [5.41, 5.74) is 2.28. The summed E-state index contributed by atoms with van der Waals surface area (Å²) in [6.45, 7) is 0. The number of hydrogen-bond donors (Lipinski definition) is 0. The van der Waals surface area contributed by atoms with E-state index in [0.717, 1.165) is 5.56 Å². The molecule has 0 atom stereocenters. The van der Waals surface area contributed by atoms with E-state index in [1.54, 1.807) is 10.8 Å². The molecule has 0 bridgehead atoms. The van der Waals surface area contributed by atoms with E-state index in [0.29, 0.717) is 11.4 Å². The molecule has 0 aliphatic heterocycles. The molecule has 4 nitrogen and oxygen atoms in total. The molecule has 0 amide bonds. The standard InChI is InChI=1S/C16H11Br3N2O2S/c17-16(18,19)24(22,23)15-20-11-14(12-7-3-1-4-8-12)21(15)13-9-5-2-6-10-13/h1-11H. The van der Waals surface area contributed by atoms with Crippen molar-refractivity contribution < 1.29 is 8.42 Å². The van der Waals surface area contributed by atoms with Gasteiger partial charge in [0.1, 0.15) is 0 Å². The average molecular weight is 535 g/mol. The maximum atomic E-state index is 12.9. The summed E-state index contributed by atoms with van der Waals surface area (Å²) in [5, 5.41) is -0.0711. The van der Waals surface area contributed by atoms with Crippen LogP contribution in [0.1, 0.15) is 0 Å². The van der Waals surface area contributed by atoms with Gasteiger partial charge >= 0.3 is 0 Å². The van der Waals surface area contributed by atoms with Gasteiger partial charge in [-0.2, -0.15) is 0 Å². The van der Waals surface area contributed by atoms with E-state index in [9.17, 15) is 8.42 Å². The van der Waals surface area contributed by atoms with Gasteiger partial charge in [-0.1, -0.05) is 48.5 Å². The van der Waals surface area contributed by atoms with Crippen LogP contribution in [0.15, 0.2) is 72.0 Å². The van der Waals surface area contributed by atoms with Gasteiger partial charge in [-0.3, -0.25) is 4.57 Å². The molecule has 0 saturated carbocycles. The molecule has 0 unspecified atom stereocenters. The van der Waals surface area contributed by atoms with Crippen LogP contribution >= 0.6 is 47.8 Å². The van der Waals surface area contributed by atoms with E-state index in [1.807, 2.05) is 60.7 Å². The quantitative estimate of drug-likeness (QED) is 0.439. The van der Waals surface area contributed by atoms with Crippen molar-refractivity contribution in [3.63, 3.8) is 0 Å². The van der Waals surface area contributed by atoms with Crippen LogP contribution in [0, 0.1) is 0 Å². The highest BCUT2D eigenvalue weighted by Crippen LogP contribution is 2.44. The lowest BCUT2D eigenvalue weighted by atomic mass is 10.1. The van der Waals surface area contributed by atoms with Gasteiger partial charge in [0.25, 0.3) is 0 Å². The molecule has 0 saturated heterocycles. The number of aromatic nitrogens is 2. The summed E-state index contributed by atoms with van der Waals surface area (Å²) in [5.74, 6) is 0. The molecule has 0 N–H and O–H groups in total. The molecule has 0 spiro atoms. The van der Waals surface area contributed by atoms with Crippen LogP contribution in [0.3, 0.4) is 0 Å². The minimum absolute atomic E-state index is 0.0711. The highest BCUT2D eigenvalue weighted by molar-refractivity contribution is 9.42. The van der Waals surface area contributed by atoms with Crippen molar-refractivity contribution in [1.29, 1.82) is 0 Å². The minimum atomic E-state index is -3.84. The normalized spacial score (nSPS) is 12.3. The predicted octanol–water partition coefficient (Wildman–Crippen LogP) is 5.11. The number of hydrogen-bond acceptors (Lipinski definition) is 3. The Bertz CT molecular complexity index is 950. The minimum Gasteiger partial charge on any atom is -0.283 e. The first-order valence-corrected chi connectivity index (χ1v) is 10.7. The number of rotatable bonds is 3. The van der Waals surface area contributed by atoms with Crippen molar-refractivity contribution in [2.75, 3.05) is 0 Å². The maximum Gasteiger partial charge on any atom is 0.248 e. The number of nitrogens with zero attached hydrogens (tertiary/aromatic N) is 2. The van der Waals surface area contributed by atoms with Crippen molar-refractivity contribution in [3.8, 4) is 16.9 Å². The van der Waals surface area contributed by atoms with Crippen LogP contribution in [0.25, 0.3) is 16.9 Å². The van der Waals surface area contributed by atoms with Crippen LogP contribution in [0.2, 0.25) is 0 Å². The van der Waals surface area contributed by atoms with Gasteiger partial charge in [-0.25, -0.2) is 13.4 Å². The molecule has 1 aromatic heterocycles. The molecule has 0 aliphatic rings. The van der Waals surface area contributed by atoms with Crippen molar-refractivity contribution in [3.05, 3.63) is 66.9 Å². The first-order valence-electron chi connectivity index (χ1n) is 6.82. The zero-order valence-corrected chi connectivity index (χ0v) is 17.7. The zero-order valence-electron chi connectivity index (χ0n) is 12.1. The Kier molecular flexibility index (Phi) is 5.01. The first-order chi connectivity index (χ1) is 11.3. The Hall–Kier alpha value is -0.960. The van der Waals surface area contributed by atoms with Gasteiger partial charge in [-0.05, 0) is 59.9 Å². The molecule has 0 fully saturated rings. The van der Waals surface area contributed by atoms with Gasteiger partial charge in [0.2, 0.25) is 16.5 Å². The SMILES string of the molecule is O=S(=O)(c1ncc(-c2ccccc2)n1-c1ccccc1)C(Br)(Br)Br. The second-order valence-electron chi connectivity index (χ2n) is 4.91. The molecule has 0 radical (unpaired) electrons. The van der Waals surface area contributed by atoms with E-state index < -0.39 is 11.3 Å². The van der Waals surface area contributed by atoms with Gasteiger partial charge in [-0.15, -0.1) is 0 Å². The molecule has 1 heterocycles. The molecule has 124 valence electrons. The van der Waals surface area contributed by atoms with Crippen molar-refractivity contribution in [2.24, 2.45) is 0 Å². The number of sulfone groups is 1. The van der Waals surface area contributed by atoms with Gasteiger partial charge in [0.15, 0.2) is 0 Å². The molecule has 8 heteroatoms. The summed E-state index contributed by atoms with van der Waals surface area (Å²) < 4.78 is 25.9. The van der Waals surface area contributed by atoms with Crippen LogP contribution in [-0.4, -0.2) is 19.4 Å². The zero-order chi connectivity index (χ0) is 17.4. The lowest BCUT2D eigenvalue weighted by molar-refractivity contribution is 0.587. The molecule has 3 aromatic rings. The van der Waals surface area contributed by atoms with Crippen molar-refractivity contribution in [1.82, 2.24) is 9.55 Å². The van der Waals surface area contributed by atoms with Crippen LogP contribution in [-0.2, 0) is 9.84 Å². The number of alkyl halides is 3. The summed E-state index contributed by atoms with van der Waals surface area (Å²) >= 11 is 9.30. The average Bonchev–Trinajstić information content (AvgIpc) is 3.01. The number of halogens is 3.